The standard InChI is InChI=1S/C19H21ClN4O4/c1-19(27)14(7-10-2-3-12(20)6-11(10)8-25)28-18(15(19)26)24-5-4-13-16(21)22-9-23-17(13)24/h2-6,9,14-15,18,25-27H,7-8H2,1H3,(H2,21,22,23)/t14-,15+,18-,19-/m1/s1. The molecule has 0 aliphatic carbocycles. The van der Waals surface area contributed by atoms with Crippen LogP contribution in [0.15, 0.2) is 36.8 Å². The number of aliphatic hydroxyl groups excluding tert-OH is 2. The lowest BCUT2D eigenvalue weighted by molar-refractivity contribution is -0.0627. The van der Waals surface area contributed by atoms with Gasteiger partial charge in [-0.2, -0.15) is 0 Å². The van der Waals surface area contributed by atoms with Crippen molar-refractivity contribution in [2.75, 3.05) is 5.73 Å². The zero-order valence-corrected chi connectivity index (χ0v) is 15.9. The molecule has 3 aromatic rings. The van der Waals surface area contributed by atoms with Crippen LogP contribution in [0.4, 0.5) is 5.82 Å². The number of aromatic nitrogens is 3. The fraction of sp³-hybridized carbons (Fsp3) is 0.368. The molecule has 1 aliphatic rings. The smallest absolute Gasteiger partial charge is 0.164 e. The van der Waals surface area contributed by atoms with Crippen molar-refractivity contribution < 1.29 is 20.1 Å². The number of nitrogen functional groups attached to an aromatic ring is 1. The van der Waals surface area contributed by atoms with Gasteiger partial charge >= 0.3 is 0 Å². The molecular weight excluding hydrogens is 384 g/mol. The molecule has 148 valence electrons. The van der Waals surface area contributed by atoms with Gasteiger partial charge in [0.2, 0.25) is 0 Å². The molecule has 0 bridgehead atoms. The summed E-state index contributed by atoms with van der Waals surface area (Å²) in [6.07, 6.45) is 0.571. The molecule has 0 unspecified atom stereocenters. The van der Waals surface area contributed by atoms with Gasteiger partial charge in [-0.05, 0) is 36.2 Å². The molecule has 1 saturated heterocycles. The van der Waals surface area contributed by atoms with Crippen LogP contribution < -0.4 is 5.73 Å². The Hall–Kier alpha value is -2.23. The molecule has 3 heterocycles. The summed E-state index contributed by atoms with van der Waals surface area (Å²) in [5.74, 6) is 0.327. The van der Waals surface area contributed by atoms with E-state index >= 15 is 0 Å². The van der Waals surface area contributed by atoms with E-state index in [-0.39, 0.29) is 6.61 Å². The van der Waals surface area contributed by atoms with Crippen molar-refractivity contribution in [3.8, 4) is 0 Å². The van der Waals surface area contributed by atoms with Crippen LogP contribution in [0.1, 0.15) is 24.3 Å². The molecule has 1 aromatic carbocycles. The maximum absolute atomic E-state index is 11.0. The van der Waals surface area contributed by atoms with E-state index in [1.54, 1.807) is 35.0 Å². The minimum Gasteiger partial charge on any atom is -0.392 e. The largest absolute Gasteiger partial charge is 0.392 e. The van der Waals surface area contributed by atoms with Crippen molar-refractivity contribution in [2.45, 2.75) is 44.0 Å². The minimum atomic E-state index is -1.52. The van der Waals surface area contributed by atoms with E-state index in [0.717, 1.165) is 5.56 Å². The minimum absolute atomic E-state index is 0.185. The molecule has 8 nitrogen and oxygen atoms in total. The summed E-state index contributed by atoms with van der Waals surface area (Å²) in [6.45, 7) is 1.35. The van der Waals surface area contributed by atoms with Crippen molar-refractivity contribution in [1.29, 1.82) is 0 Å². The zero-order valence-electron chi connectivity index (χ0n) is 15.2. The van der Waals surface area contributed by atoms with Gasteiger partial charge in [-0.3, -0.25) is 0 Å². The molecule has 1 aliphatic heterocycles. The number of hydrogen-bond donors (Lipinski definition) is 4. The summed E-state index contributed by atoms with van der Waals surface area (Å²) < 4.78 is 7.70. The van der Waals surface area contributed by atoms with Crippen LogP contribution in [0.3, 0.4) is 0 Å². The maximum atomic E-state index is 11.0. The Morgan fingerprint density at radius 2 is 2.07 bits per heavy atom. The van der Waals surface area contributed by atoms with Gasteiger partial charge in [-0.1, -0.05) is 17.7 Å². The lowest BCUT2D eigenvalue weighted by Gasteiger charge is -2.27. The van der Waals surface area contributed by atoms with Crippen molar-refractivity contribution in [1.82, 2.24) is 14.5 Å². The summed E-state index contributed by atoms with van der Waals surface area (Å²) in [7, 11) is 0. The number of fused-ring (bicyclic) bond motifs is 1. The van der Waals surface area contributed by atoms with Crippen LogP contribution in [0.2, 0.25) is 5.02 Å². The molecule has 0 amide bonds. The maximum Gasteiger partial charge on any atom is 0.164 e. The molecule has 1 fully saturated rings. The summed E-state index contributed by atoms with van der Waals surface area (Å²) in [5.41, 5.74) is 6.30. The first-order valence-electron chi connectivity index (χ1n) is 8.84. The Morgan fingerprint density at radius 3 is 2.82 bits per heavy atom. The fourth-order valence-corrected chi connectivity index (χ4v) is 3.86. The van der Waals surface area contributed by atoms with Crippen molar-refractivity contribution in [3.63, 3.8) is 0 Å². The van der Waals surface area contributed by atoms with Crippen molar-refractivity contribution in [3.05, 3.63) is 52.9 Å². The molecule has 4 atom stereocenters. The number of benzene rings is 1. The van der Waals surface area contributed by atoms with E-state index in [4.69, 9.17) is 22.1 Å². The molecule has 2 aromatic heterocycles. The SMILES string of the molecule is C[C@@]1(O)[C@@H](Cc2ccc(Cl)cc2CO)O[C@@H](n2ccc3c(N)ncnc32)[C@@H]1O. The summed E-state index contributed by atoms with van der Waals surface area (Å²) in [5, 5.41) is 32.5. The molecular formula is C19H21ClN4O4. The van der Waals surface area contributed by atoms with E-state index in [0.29, 0.717) is 33.9 Å². The van der Waals surface area contributed by atoms with Crippen LogP contribution in [0.25, 0.3) is 11.0 Å². The fourth-order valence-electron chi connectivity index (χ4n) is 3.67. The van der Waals surface area contributed by atoms with Crippen molar-refractivity contribution in [2.24, 2.45) is 0 Å². The average molecular weight is 405 g/mol. The Kier molecular flexibility index (Phi) is 4.76. The first kappa shape index (κ1) is 19.1. The third-order valence-corrected chi connectivity index (χ3v) is 5.62. The highest BCUT2D eigenvalue weighted by molar-refractivity contribution is 6.30. The predicted octanol–water partition coefficient (Wildman–Crippen LogP) is 1.41. The highest BCUT2D eigenvalue weighted by atomic mass is 35.5. The van der Waals surface area contributed by atoms with Gasteiger partial charge in [-0.15, -0.1) is 0 Å². The topological polar surface area (TPSA) is 127 Å². The molecule has 4 rings (SSSR count). The summed E-state index contributed by atoms with van der Waals surface area (Å²) >= 11 is 5.99. The third kappa shape index (κ3) is 3.03. The molecule has 0 spiro atoms. The lowest BCUT2D eigenvalue weighted by atomic mass is 9.89. The van der Waals surface area contributed by atoms with Gasteiger partial charge in [0.25, 0.3) is 0 Å². The number of rotatable bonds is 4. The molecule has 28 heavy (non-hydrogen) atoms. The second-order valence-corrected chi connectivity index (χ2v) is 7.62. The number of halogens is 1. The molecule has 0 radical (unpaired) electrons. The Labute approximate surface area is 166 Å². The van der Waals surface area contributed by atoms with Gasteiger partial charge < -0.3 is 30.4 Å². The van der Waals surface area contributed by atoms with Crippen LogP contribution in [-0.4, -0.2) is 47.7 Å². The molecule has 9 heteroatoms. The Balaban J connectivity index is 1.67. The monoisotopic (exact) mass is 404 g/mol. The number of ether oxygens (including phenoxy) is 1. The van der Waals surface area contributed by atoms with Gasteiger partial charge in [0, 0.05) is 17.6 Å². The summed E-state index contributed by atoms with van der Waals surface area (Å²) in [6, 6.07) is 6.91. The third-order valence-electron chi connectivity index (χ3n) is 5.38. The van der Waals surface area contributed by atoms with Crippen LogP contribution >= 0.6 is 11.6 Å². The van der Waals surface area contributed by atoms with E-state index in [1.165, 1.54) is 13.3 Å². The number of nitrogens with zero attached hydrogens (tertiary/aromatic N) is 3. The zero-order chi connectivity index (χ0) is 20.1. The normalized spacial score (nSPS) is 27.5. The molecule has 5 N–H and O–H groups in total. The quantitative estimate of drug-likeness (QED) is 0.517. The number of anilines is 1. The Bertz CT molecular complexity index is 1020. The van der Waals surface area contributed by atoms with Crippen LogP contribution in [0.5, 0.6) is 0 Å². The van der Waals surface area contributed by atoms with Crippen LogP contribution in [-0.2, 0) is 17.8 Å². The summed E-state index contributed by atoms with van der Waals surface area (Å²) in [4.78, 5) is 8.18. The average Bonchev–Trinajstić information content (AvgIpc) is 3.18. The van der Waals surface area contributed by atoms with E-state index < -0.39 is 24.0 Å². The Morgan fingerprint density at radius 1 is 1.29 bits per heavy atom. The van der Waals surface area contributed by atoms with Gasteiger partial charge in [-0.25, -0.2) is 9.97 Å². The van der Waals surface area contributed by atoms with Crippen LogP contribution in [0, 0.1) is 0 Å². The predicted molar refractivity (Wildman–Crippen MR) is 104 cm³/mol. The van der Waals surface area contributed by atoms with Gasteiger partial charge in [0.15, 0.2) is 6.23 Å². The first-order chi connectivity index (χ1) is 13.3. The number of hydrogen-bond acceptors (Lipinski definition) is 7. The van der Waals surface area contributed by atoms with E-state index in [9.17, 15) is 15.3 Å². The second-order valence-electron chi connectivity index (χ2n) is 7.18. The highest BCUT2D eigenvalue weighted by Gasteiger charge is 2.53. The van der Waals surface area contributed by atoms with Gasteiger partial charge in [0.1, 0.15) is 29.5 Å². The van der Waals surface area contributed by atoms with Crippen molar-refractivity contribution >= 4 is 28.5 Å². The first-order valence-corrected chi connectivity index (χ1v) is 9.21. The highest BCUT2D eigenvalue weighted by Crippen LogP contribution is 2.40. The lowest BCUT2D eigenvalue weighted by Crippen LogP contribution is -2.45. The number of nitrogens with two attached hydrogens (primary N) is 1. The van der Waals surface area contributed by atoms with Gasteiger partial charge in [0.05, 0.1) is 18.1 Å². The number of aliphatic hydroxyl groups is 3. The molecule has 0 saturated carbocycles. The van der Waals surface area contributed by atoms with E-state index in [2.05, 4.69) is 9.97 Å². The second kappa shape index (κ2) is 6.98. The van der Waals surface area contributed by atoms with E-state index in [1.807, 2.05) is 0 Å².